The molecule has 2 aromatic rings. The van der Waals surface area contributed by atoms with Gasteiger partial charge < -0.3 is 14.5 Å². The van der Waals surface area contributed by atoms with Crippen LogP contribution in [0.15, 0.2) is 39.4 Å². The molecule has 2 heterocycles. The lowest BCUT2D eigenvalue weighted by Gasteiger charge is -2.13. The molecule has 0 saturated heterocycles. The highest BCUT2D eigenvalue weighted by atomic mass is 79.9. The van der Waals surface area contributed by atoms with Gasteiger partial charge in [-0.2, -0.15) is 0 Å². The molecule has 21 heavy (non-hydrogen) atoms. The van der Waals surface area contributed by atoms with E-state index in [0.29, 0.717) is 10.4 Å². The third-order valence-electron chi connectivity index (χ3n) is 3.47. The normalized spacial score (nSPS) is 14.4. The van der Waals surface area contributed by atoms with Gasteiger partial charge in [0.2, 0.25) is 0 Å². The number of amides is 1. The van der Waals surface area contributed by atoms with Crippen LogP contribution in [-0.4, -0.2) is 18.6 Å². The first-order valence-electron chi connectivity index (χ1n) is 6.92. The first kappa shape index (κ1) is 14.2. The van der Waals surface area contributed by atoms with Crippen molar-refractivity contribution < 1.29 is 13.9 Å². The van der Waals surface area contributed by atoms with Crippen LogP contribution in [0.25, 0.3) is 0 Å². The van der Waals surface area contributed by atoms with Crippen LogP contribution in [-0.2, 0) is 12.8 Å². The van der Waals surface area contributed by atoms with E-state index >= 15 is 0 Å². The summed E-state index contributed by atoms with van der Waals surface area (Å²) in [6.45, 7) is 2.75. The maximum absolute atomic E-state index is 12.0. The van der Waals surface area contributed by atoms with Gasteiger partial charge in [-0.3, -0.25) is 4.79 Å². The van der Waals surface area contributed by atoms with Crippen molar-refractivity contribution in [3.8, 4) is 5.75 Å². The maximum atomic E-state index is 12.0. The zero-order valence-electron chi connectivity index (χ0n) is 11.7. The van der Waals surface area contributed by atoms with Crippen LogP contribution in [0.3, 0.4) is 0 Å². The summed E-state index contributed by atoms with van der Waals surface area (Å²) in [4.78, 5) is 12.0. The molecule has 1 N–H and O–H groups in total. The molecule has 0 aliphatic carbocycles. The molecular weight excluding hydrogens is 334 g/mol. The molecule has 5 heteroatoms. The van der Waals surface area contributed by atoms with Crippen LogP contribution in [0.2, 0.25) is 0 Å². The summed E-state index contributed by atoms with van der Waals surface area (Å²) >= 11 is 3.19. The number of rotatable bonds is 4. The molecule has 1 aliphatic heterocycles. The van der Waals surface area contributed by atoms with E-state index in [1.165, 1.54) is 11.1 Å². The van der Waals surface area contributed by atoms with Gasteiger partial charge in [-0.05, 0) is 58.6 Å². The highest BCUT2D eigenvalue weighted by Crippen LogP contribution is 2.26. The van der Waals surface area contributed by atoms with Gasteiger partial charge in [0.05, 0.1) is 6.61 Å². The Labute approximate surface area is 131 Å². The van der Waals surface area contributed by atoms with Gasteiger partial charge in [0.15, 0.2) is 10.4 Å². The molecule has 0 bridgehead atoms. The molecule has 4 nitrogen and oxygen atoms in total. The van der Waals surface area contributed by atoms with E-state index in [4.69, 9.17) is 9.15 Å². The fourth-order valence-electron chi connectivity index (χ4n) is 2.50. The van der Waals surface area contributed by atoms with Gasteiger partial charge in [-0.1, -0.05) is 12.1 Å². The Morgan fingerprint density at radius 3 is 3.00 bits per heavy atom. The first-order chi connectivity index (χ1) is 10.1. The van der Waals surface area contributed by atoms with E-state index in [2.05, 4.69) is 33.4 Å². The van der Waals surface area contributed by atoms with Crippen molar-refractivity contribution in [1.29, 1.82) is 0 Å². The maximum Gasteiger partial charge on any atom is 0.287 e. The van der Waals surface area contributed by atoms with Crippen molar-refractivity contribution in [2.45, 2.75) is 25.8 Å². The molecule has 0 fully saturated rings. The Hall–Kier alpha value is -1.75. The fourth-order valence-corrected chi connectivity index (χ4v) is 2.81. The minimum Gasteiger partial charge on any atom is -0.493 e. The molecule has 1 amide bonds. The van der Waals surface area contributed by atoms with Gasteiger partial charge in [-0.25, -0.2) is 0 Å². The van der Waals surface area contributed by atoms with E-state index in [1.807, 2.05) is 13.0 Å². The van der Waals surface area contributed by atoms with Crippen molar-refractivity contribution in [2.24, 2.45) is 0 Å². The summed E-state index contributed by atoms with van der Waals surface area (Å²) in [6, 6.07) is 9.61. The summed E-state index contributed by atoms with van der Waals surface area (Å²) in [6.07, 6.45) is 1.74. The van der Waals surface area contributed by atoms with Gasteiger partial charge in [-0.15, -0.1) is 0 Å². The smallest absolute Gasteiger partial charge is 0.287 e. The second-order valence-electron chi connectivity index (χ2n) is 5.22. The van der Waals surface area contributed by atoms with Crippen LogP contribution in [0.5, 0.6) is 5.75 Å². The van der Waals surface area contributed by atoms with Crippen molar-refractivity contribution in [3.63, 3.8) is 0 Å². The molecule has 0 saturated carbocycles. The molecule has 0 spiro atoms. The predicted molar refractivity (Wildman–Crippen MR) is 82.7 cm³/mol. The lowest BCUT2D eigenvalue weighted by molar-refractivity contribution is 0.0911. The van der Waals surface area contributed by atoms with E-state index < -0.39 is 0 Å². The third kappa shape index (κ3) is 3.29. The van der Waals surface area contributed by atoms with E-state index in [1.54, 1.807) is 12.1 Å². The zero-order chi connectivity index (χ0) is 14.8. The summed E-state index contributed by atoms with van der Waals surface area (Å²) < 4.78 is 11.3. The molecule has 3 rings (SSSR count). The molecule has 1 aliphatic rings. The topological polar surface area (TPSA) is 51.5 Å². The SMILES string of the molecule is C[C@H](Cc1ccc2c(c1)CCO2)NC(=O)c1ccc(Br)o1. The van der Waals surface area contributed by atoms with Gasteiger partial charge in [0.1, 0.15) is 5.75 Å². The summed E-state index contributed by atoms with van der Waals surface area (Å²) in [5.74, 6) is 1.10. The van der Waals surface area contributed by atoms with Crippen molar-refractivity contribution in [3.05, 3.63) is 51.9 Å². The monoisotopic (exact) mass is 349 g/mol. The lowest BCUT2D eigenvalue weighted by Crippen LogP contribution is -2.33. The standard InChI is InChI=1S/C16H16BrNO3/c1-10(18-16(19)14-4-5-15(17)21-14)8-11-2-3-13-12(9-11)6-7-20-13/h2-5,9-10H,6-8H2,1H3,(H,18,19)/t10-/m1/s1. The molecule has 1 aromatic carbocycles. The molecule has 1 atom stereocenters. The number of nitrogens with one attached hydrogen (secondary N) is 1. The predicted octanol–water partition coefficient (Wildman–Crippen LogP) is 3.34. The van der Waals surface area contributed by atoms with Crippen molar-refractivity contribution in [1.82, 2.24) is 5.32 Å². The van der Waals surface area contributed by atoms with Gasteiger partial charge in [0, 0.05) is 12.5 Å². The van der Waals surface area contributed by atoms with Crippen LogP contribution >= 0.6 is 15.9 Å². The number of ether oxygens (including phenoxy) is 1. The summed E-state index contributed by atoms with van der Waals surface area (Å²) in [5.41, 5.74) is 2.45. The van der Waals surface area contributed by atoms with Crippen LogP contribution < -0.4 is 10.1 Å². The Kier molecular flexibility index (Phi) is 4.01. The summed E-state index contributed by atoms with van der Waals surface area (Å²) in [5, 5.41) is 2.94. The second kappa shape index (κ2) is 5.93. The van der Waals surface area contributed by atoms with Crippen LogP contribution in [0.1, 0.15) is 28.6 Å². The Morgan fingerprint density at radius 1 is 1.38 bits per heavy atom. The number of hydrogen-bond acceptors (Lipinski definition) is 3. The fraction of sp³-hybridized carbons (Fsp3) is 0.312. The number of fused-ring (bicyclic) bond motifs is 1. The third-order valence-corrected chi connectivity index (χ3v) is 3.90. The number of carbonyl (C=O) groups excluding carboxylic acids is 1. The lowest BCUT2D eigenvalue weighted by atomic mass is 10.0. The molecule has 1 aromatic heterocycles. The minimum absolute atomic E-state index is 0.0294. The highest BCUT2D eigenvalue weighted by Gasteiger charge is 2.16. The number of hydrogen-bond donors (Lipinski definition) is 1. The molecule has 0 unspecified atom stereocenters. The van der Waals surface area contributed by atoms with E-state index in [0.717, 1.165) is 25.2 Å². The first-order valence-corrected chi connectivity index (χ1v) is 7.72. The number of benzene rings is 1. The highest BCUT2D eigenvalue weighted by molar-refractivity contribution is 9.10. The Morgan fingerprint density at radius 2 is 2.24 bits per heavy atom. The van der Waals surface area contributed by atoms with Crippen LogP contribution in [0, 0.1) is 0 Å². The average molecular weight is 350 g/mol. The molecule has 0 radical (unpaired) electrons. The van der Waals surface area contributed by atoms with E-state index in [-0.39, 0.29) is 11.9 Å². The number of halogens is 1. The zero-order valence-corrected chi connectivity index (χ0v) is 13.3. The second-order valence-corrected chi connectivity index (χ2v) is 6.00. The quantitative estimate of drug-likeness (QED) is 0.920. The minimum atomic E-state index is -0.197. The van der Waals surface area contributed by atoms with E-state index in [9.17, 15) is 4.79 Å². The number of furan rings is 1. The van der Waals surface area contributed by atoms with Gasteiger partial charge in [0.25, 0.3) is 5.91 Å². The largest absolute Gasteiger partial charge is 0.493 e. The Bertz CT molecular complexity index is 665. The molecular formula is C16H16BrNO3. The Balaban J connectivity index is 1.61. The number of carbonyl (C=O) groups is 1. The van der Waals surface area contributed by atoms with Crippen LogP contribution in [0.4, 0.5) is 0 Å². The van der Waals surface area contributed by atoms with Gasteiger partial charge >= 0.3 is 0 Å². The molecule has 110 valence electrons. The van der Waals surface area contributed by atoms with Crippen molar-refractivity contribution in [2.75, 3.05) is 6.61 Å². The van der Waals surface area contributed by atoms with Crippen molar-refractivity contribution >= 4 is 21.8 Å². The summed E-state index contributed by atoms with van der Waals surface area (Å²) in [7, 11) is 0. The average Bonchev–Trinajstić information content (AvgIpc) is 3.06.